The molecule has 0 spiro atoms. The lowest BCUT2D eigenvalue weighted by atomic mass is 10.2. The van der Waals surface area contributed by atoms with Crippen molar-refractivity contribution in [1.29, 1.82) is 0 Å². The molecule has 0 saturated heterocycles. The van der Waals surface area contributed by atoms with Gasteiger partial charge in [0, 0.05) is 19.3 Å². The standard InChI is InChI=1S/C13H17N3O/c1-14-7-12-8-15-10-16(12)9-11-4-3-5-13(6-11)17-2/h3-6,8,10,14H,7,9H2,1-2H3. The van der Waals surface area contributed by atoms with E-state index in [0.29, 0.717) is 0 Å². The Balaban J connectivity index is 2.16. The highest BCUT2D eigenvalue weighted by atomic mass is 16.5. The predicted octanol–water partition coefficient (Wildman–Crippen LogP) is 1.66. The molecule has 1 heterocycles. The number of nitrogens with one attached hydrogen (secondary N) is 1. The Kier molecular flexibility index (Phi) is 3.77. The maximum absolute atomic E-state index is 5.21. The van der Waals surface area contributed by atoms with Gasteiger partial charge in [0.15, 0.2) is 0 Å². The van der Waals surface area contributed by atoms with Gasteiger partial charge in [-0.3, -0.25) is 0 Å². The second kappa shape index (κ2) is 5.50. The van der Waals surface area contributed by atoms with Gasteiger partial charge >= 0.3 is 0 Å². The molecule has 0 bridgehead atoms. The summed E-state index contributed by atoms with van der Waals surface area (Å²) in [6.07, 6.45) is 3.74. The van der Waals surface area contributed by atoms with Crippen LogP contribution in [0.4, 0.5) is 0 Å². The van der Waals surface area contributed by atoms with Crippen molar-refractivity contribution in [3.63, 3.8) is 0 Å². The van der Waals surface area contributed by atoms with E-state index in [0.717, 1.165) is 18.8 Å². The van der Waals surface area contributed by atoms with Crippen LogP contribution in [0.15, 0.2) is 36.8 Å². The Morgan fingerprint density at radius 2 is 2.29 bits per heavy atom. The van der Waals surface area contributed by atoms with Crippen LogP contribution in [0.2, 0.25) is 0 Å². The van der Waals surface area contributed by atoms with Crippen molar-refractivity contribution in [2.45, 2.75) is 13.1 Å². The summed E-state index contributed by atoms with van der Waals surface area (Å²) in [6, 6.07) is 8.09. The molecule has 0 saturated carbocycles. The second-order valence-corrected chi connectivity index (χ2v) is 3.89. The lowest BCUT2D eigenvalue weighted by Crippen LogP contribution is -2.11. The van der Waals surface area contributed by atoms with Crippen LogP contribution in [0.5, 0.6) is 5.75 Å². The minimum atomic E-state index is 0.814. The molecule has 4 heteroatoms. The molecular formula is C13H17N3O. The molecule has 17 heavy (non-hydrogen) atoms. The molecule has 0 amide bonds. The highest BCUT2D eigenvalue weighted by Gasteiger charge is 2.02. The van der Waals surface area contributed by atoms with E-state index in [4.69, 9.17) is 4.74 Å². The Bertz CT molecular complexity index is 479. The number of hydrogen-bond acceptors (Lipinski definition) is 3. The minimum Gasteiger partial charge on any atom is -0.497 e. The third-order valence-corrected chi connectivity index (χ3v) is 2.64. The minimum absolute atomic E-state index is 0.814. The maximum Gasteiger partial charge on any atom is 0.119 e. The SMILES string of the molecule is CNCc1cncn1Cc1cccc(OC)c1. The van der Waals surface area contributed by atoms with E-state index in [9.17, 15) is 0 Å². The molecule has 0 unspecified atom stereocenters. The normalized spacial score (nSPS) is 10.5. The molecule has 0 aliphatic rings. The van der Waals surface area contributed by atoms with E-state index in [1.54, 1.807) is 7.11 Å². The van der Waals surface area contributed by atoms with Crippen molar-refractivity contribution in [3.05, 3.63) is 48.0 Å². The molecule has 0 aliphatic heterocycles. The third kappa shape index (κ3) is 2.85. The Morgan fingerprint density at radius 3 is 3.06 bits per heavy atom. The predicted molar refractivity (Wildman–Crippen MR) is 67.1 cm³/mol. The number of hydrogen-bond donors (Lipinski definition) is 1. The molecule has 90 valence electrons. The van der Waals surface area contributed by atoms with Crippen molar-refractivity contribution >= 4 is 0 Å². The van der Waals surface area contributed by atoms with Crippen molar-refractivity contribution in [1.82, 2.24) is 14.9 Å². The van der Waals surface area contributed by atoms with E-state index in [1.165, 1.54) is 11.3 Å². The Labute approximate surface area is 101 Å². The van der Waals surface area contributed by atoms with E-state index < -0.39 is 0 Å². The fourth-order valence-corrected chi connectivity index (χ4v) is 1.79. The first-order valence-corrected chi connectivity index (χ1v) is 5.60. The molecule has 0 fully saturated rings. The van der Waals surface area contributed by atoms with Crippen LogP contribution < -0.4 is 10.1 Å². The topological polar surface area (TPSA) is 39.1 Å². The first kappa shape index (κ1) is 11.7. The summed E-state index contributed by atoms with van der Waals surface area (Å²) in [7, 11) is 3.62. The smallest absolute Gasteiger partial charge is 0.119 e. The summed E-state index contributed by atoms with van der Waals surface area (Å²) in [5.41, 5.74) is 2.38. The van der Waals surface area contributed by atoms with Crippen LogP contribution in [0, 0.1) is 0 Å². The molecule has 1 N–H and O–H groups in total. The lowest BCUT2D eigenvalue weighted by molar-refractivity contribution is 0.414. The number of benzene rings is 1. The summed E-state index contributed by atoms with van der Waals surface area (Å²) in [5, 5.41) is 3.13. The fraction of sp³-hybridized carbons (Fsp3) is 0.308. The van der Waals surface area contributed by atoms with Gasteiger partial charge in [-0.15, -0.1) is 0 Å². The highest BCUT2D eigenvalue weighted by Crippen LogP contribution is 2.14. The monoisotopic (exact) mass is 231 g/mol. The van der Waals surface area contributed by atoms with Crippen molar-refractivity contribution < 1.29 is 4.74 Å². The van der Waals surface area contributed by atoms with Crippen molar-refractivity contribution in [2.24, 2.45) is 0 Å². The first-order chi connectivity index (χ1) is 8.33. The van der Waals surface area contributed by atoms with Crippen LogP contribution in [0.1, 0.15) is 11.3 Å². The van der Waals surface area contributed by atoms with Crippen molar-refractivity contribution in [2.75, 3.05) is 14.2 Å². The van der Waals surface area contributed by atoms with Crippen LogP contribution in [-0.4, -0.2) is 23.7 Å². The van der Waals surface area contributed by atoms with E-state index >= 15 is 0 Å². The van der Waals surface area contributed by atoms with Gasteiger partial charge in [-0.1, -0.05) is 12.1 Å². The average Bonchev–Trinajstić information content (AvgIpc) is 2.78. The fourth-order valence-electron chi connectivity index (χ4n) is 1.79. The molecule has 4 nitrogen and oxygen atoms in total. The van der Waals surface area contributed by atoms with Gasteiger partial charge in [0.2, 0.25) is 0 Å². The molecule has 2 rings (SSSR count). The van der Waals surface area contributed by atoms with Gasteiger partial charge in [-0.2, -0.15) is 0 Å². The van der Waals surface area contributed by atoms with Gasteiger partial charge < -0.3 is 14.6 Å². The van der Waals surface area contributed by atoms with Crippen LogP contribution >= 0.6 is 0 Å². The van der Waals surface area contributed by atoms with Crippen molar-refractivity contribution in [3.8, 4) is 5.75 Å². The van der Waals surface area contributed by atoms with Gasteiger partial charge in [0.25, 0.3) is 0 Å². The highest BCUT2D eigenvalue weighted by molar-refractivity contribution is 5.28. The second-order valence-electron chi connectivity index (χ2n) is 3.89. The molecule has 0 radical (unpaired) electrons. The maximum atomic E-state index is 5.21. The number of imidazole rings is 1. The van der Waals surface area contributed by atoms with Gasteiger partial charge in [0.1, 0.15) is 5.75 Å². The summed E-state index contributed by atoms with van der Waals surface area (Å²) in [6.45, 7) is 1.64. The molecule has 1 aromatic carbocycles. The number of rotatable bonds is 5. The Morgan fingerprint density at radius 1 is 1.41 bits per heavy atom. The number of ether oxygens (including phenoxy) is 1. The van der Waals surface area contributed by atoms with Gasteiger partial charge in [-0.25, -0.2) is 4.98 Å². The van der Waals surface area contributed by atoms with E-state index in [1.807, 2.05) is 37.8 Å². The van der Waals surface area contributed by atoms with E-state index in [-0.39, 0.29) is 0 Å². The van der Waals surface area contributed by atoms with Crippen LogP contribution in [0.25, 0.3) is 0 Å². The summed E-state index contributed by atoms with van der Waals surface area (Å²) >= 11 is 0. The number of nitrogens with zero attached hydrogens (tertiary/aromatic N) is 2. The molecular weight excluding hydrogens is 214 g/mol. The first-order valence-electron chi connectivity index (χ1n) is 5.60. The van der Waals surface area contributed by atoms with Gasteiger partial charge in [0.05, 0.1) is 19.1 Å². The third-order valence-electron chi connectivity index (χ3n) is 2.64. The summed E-state index contributed by atoms with van der Waals surface area (Å²) in [4.78, 5) is 4.17. The zero-order valence-electron chi connectivity index (χ0n) is 10.2. The number of methoxy groups -OCH3 is 1. The Hall–Kier alpha value is -1.81. The van der Waals surface area contributed by atoms with Gasteiger partial charge in [-0.05, 0) is 24.7 Å². The molecule has 0 aliphatic carbocycles. The largest absolute Gasteiger partial charge is 0.497 e. The van der Waals surface area contributed by atoms with Crippen LogP contribution in [0.3, 0.4) is 0 Å². The quantitative estimate of drug-likeness (QED) is 0.850. The molecule has 2 aromatic rings. The molecule has 1 aromatic heterocycles. The molecule has 0 atom stereocenters. The number of aromatic nitrogens is 2. The van der Waals surface area contributed by atoms with E-state index in [2.05, 4.69) is 20.9 Å². The zero-order valence-corrected chi connectivity index (χ0v) is 10.2. The zero-order chi connectivity index (χ0) is 12.1. The average molecular weight is 231 g/mol. The van der Waals surface area contributed by atoms with Crippen LogP contribution in [-0.2, 0) is 13.1 Å². The lowest BCUT2D eigenvalue weighted by Gasteiger charge is -2.09. The summed E-state index contributed by atoms with van der Waals surface area (Å²) in [5.74, 6) is 0.887. The summed E-state index contributed by atoms with van der Waals surface area (Å²) < 4.78 is 7.34.